The second-order valence-corrected chi connectivity index (χ2v) is 5.52. The lowest BCUT2D eigenvalue weighted by Crippen LogP contribution is -2.41. The van der Waals surface area contributed by atoms with Gasteiger partial charge in [0.25, 0.3) is 0 Å². The van der Waals surface area contributed by atoms with Crippen LogP contribution in [0.4, 0.5) is 0 Å². The highest BCUT2D eigenvalue weighted by Crippen LogP contribution is 2.17. The summed E-state index contributed by atoms with van der Waals surface area (Å²) >= 11 is 0. The molecule has 1 heterocycles. The Balaban J connectivity index is 2.43. The van der Waals surface area contributed by atoms with Gasteiger partial charge in [0.15, 0.2) is 0 Å². The Labute approximate surface area is 119 Å². The predicted molar refractivity (Wildman–Crippen MR) is 76.8 cm³/mol. The van der Waals surface area contributed by atoms with Crippen molar-refractivity contribution in [3.63, 3.8) is 0 Å². The maximum atomic E-state index is 12.1. The van der Waals surface area contributed by atoms with Crippen molar-refractivity contribution in [1.82, 2.24) is 20.3 Å². The SMILES string of the molecule is CC=CC(C)(C)C(=O)NC(C)CCn1cc(CO)nn1. The fourth-order valence-corrected chi connectivity index (χ4v) is 1.82. The Bertz CT molecular complexity index is 465. The molecule has 0 aliphatic rings. The van der Waals surface area contributed by atoms with Gasteiger partial charge in [0.05, 0.1) is 18.2 Å². The summed E-state index contributed by atoms with van der Waals surface area (Å²) in [6.07, 6.45) is 6.24. The van der Waals surface area contributed by atoms with Gasteiger partial charge < -0.3 is 10.4 Å². The first kappa shape index (κ1) is 16.4. The number of aryl methyl sites for hydroxylation is 1. The van der Waals surface area contributed by atoms with Crippen LogP contribution in [0.2, 0.25) is 0 Å². The highest BCUT2D eigenvalue weighted by molar-refractivity contribution is 5.83. The summed E-state index contributed by atoms with van der Waals surface area (Å²) < 4.78 is 1.67. The third-order valence-electron chi connectivity index (χ3n) is 3.09. The number of nitrogens with zero attached hydrogens (tertiary/aromatic N) is 3. The van der Waals surface area contributed by atoms with Gasteiger partial charge in [-0.3, -0.25) is 9.48 Å². The summed E-state index contributed by atoms with van der Waals surface area (Å²) in [5.41, 5.74) is 0.0521. The van der Waals surface area contributed by atoms with E-state index in [0.29, 0.717) is 12.2 Å². The average molecular weight is 280 g/mol. The van der Waals surface area contributed by atoms with Crippen molar-refractivity contribution in [1.29, 1.82) is 0 Å². The molecule has 0 aromatic carbocycles. The number of hydrogen-bond acceptors (Lipinski definition) is 4. The standard InChI is InChI=1S/C14H24N4O2/c1-5-7-14(3,4)13(20)15-11(2)6-8-18-9-12(10-19)16-17-18/h5,7,9,11,19H,6,8,10H2,1-4H3,(H,15,20). The topological polar surface area (TPSA) is 80.0 Å². The van der Waals surface area contributed by atoms with Crippen molar-refractivity contribution in [3.05, 3.63) is 24.0 Å². The Morgan fingerprint density at radius 2 is 2.30 bits per heavy atom. The fraction of sp³-hybridized carbons (Fsp3) is 0.643. The van der Waals surface area contributed by atoms with Gasteiger partial charge in [-0.1, -0.05) is 17.4 Å². The van der Waals surface area contributed by atoms with Crippen molar-refractivity contribution in [2.45, 2.75) is 53.3 Å². The molecule has 0 saturated carbocycles. The molecule has 0 spiro atoms. The second-order valence-electron chi connectivity index (χ2n) is 5.52. The van der Waals surface area contributed by atoms with Gasteiger partial charge in [-0.05, 0) is 34.1 Å². The van der Waals surface area contributed by atoms with E-state index in [-0.39, 0.29) is 18.6 Å². The Kier molecular flexibility index (Phi) is 5.88. The molecule has 2 N–H and O–H groups in total. The van der Waals surface area contributed by atoms with E-state index in [9.17, 15) is 4.79 Å². The maximum Gasteiger partial charge on any atom is 0.229 e. The van der Waals surface area contributed by atoms with Crippen LogP contribution in [0.15, 0.2) is 18.3 Å². The highest BCUT2D eigenvalue weighted by atomic mass is 16.3. The zero-order valence-corrected chi connectivity index (χ0v) is 12.6. The minimum absolute atomic E-state index is 0.0118. The number of aliphatic hydroxyl groups is 1. The Morgan fingerprint density at radius 1 is 1.60 bits per heavy atom. The highest BCUT2D eigenvalue weighted by Gasteiger charge is 2.25. The molecule has 1 aromatic rings. The van der Waals surface area contributed by atoms with Crippen LogP contribution in [0.3, 0.4) is 0 Å². The third-order valence-corrected chi connectivity index (χ3v) is 3.09. The summed E-state index contributed by atoms with van der Waals surface area (Å²) in [6, 6.07) is 0.0498. The zero-order chi connectivity index (χ0) is 15.2. The normalized spacial score (nSPS) is 13.7. The molecule has 0 fully saturated rings. The summed E-state index contributed by atoms with van der Waals surface area (Å²) in [7, 11) is 0. The molecule has 0 bridgehead atoms. The van der Waals surface area contributed by atoms with Gasteiger partial charge in [0.1, 0.15) is 5.69 Å². The maximum absolute atomic E-state index is 12.1. The molecule has 1 atom stereocenters. The number of carbonyl (C=O) groups is 1. The number of nitrogens with one attached hydrogen (secondary N) is 1. The molecule has 6 heteroatoms. The van der Waals surface area contributed by atoms with E-state index >= 15 is 0 Å². The van der Waals surface area contributed by atoms with E-state index in [0.717, 1.165) is 6.42 Å². The van der Waals surface area contributed by atoms with Gasteiger partial charge in [-0.2, -0.15) is 0 Å². The smallest absolute Gasteiger partial charge is 0.229 e. The van der Waals surface area contributed by atoms with Crippen molar-refractivity contribution >= 4 is 5.91 Å². The van der Waals surface area contributed by atoms with Crippen LogP contribution in [0.1, 0.15) is 39.8 Å². The van der Waals surface area contributed by atoms with Crippen LogP contribution in [0.5, 0.6) is 0 Å². The Hall–Kier alpha value is -1.69. The number of aromatic nitrogens is 3. The van der Waals surface area contributed by atoms with Crippen LogP contribution in [0, 0.1) is 5.41 Å². The molecule has 1 aromatic heterocycles. The average Bonchev–Trinajstić information content (AvgIpc) is 2.84. The molecule has 112 valence electrons. The van der Waals surface area contributed by atoms with E-state index in [1.807, 2.05) is 39.8 Å². The molecule has 1 rings (SSSR count). The van der Waals surface area contributed by atoms with Gasteiger partial charge >= 0.3 is 0 Å². The number of rotatable bonds is 7. The first-order chi connectivity index (χ1) is 9.39. The third kappa shape index (κ3) is 4.77. The summed E-state index contributed by atoms with van der Waals surface area (Å²) in [5.74, 6) is 0.0118. The van der Waals surface area contributed by atoms with Crippen molar-refractivity contribution in [2.75, 3.05) is 0 Å². The van der Waals surface area contributed by atoms with Crippen molar-refractivity contribution in [3.8, 4) is 0 Å². The lowest BCUT2D eigenvalue weighted by molar-refractivity contribution is -0.127. The van der Waals surface area contributed by atoms with E-state index in [1.165, 1.54) is 0 Å². The molecule has 1 unspecified atom stereocenters. The van der Waals surface area contributed by atoms with Crippen LogP contribution in [0.25, 0.3) is 0 Å². The number of allylic oxidation sites excluding steroid dienone is 1. The van der Waals surface area contributed by atoms with Gasteiger partial charge in [-0.15, -0.1) is 5.10 Å². The fourth-order valence-electron chi connectivity index (χ4n) is 1.82. The first-order valence-electron chi connectivity index (χ1n) is 6.83. The minimum atomic E-state index is -0.500. The summed E-state index contributed by atoms with van der Waals surface area (Å²) in [6.45, 7) is 8.19. The molecular weight excluding hydrogens is 256 g/mol. The lowest BCUT2D eigenvalue weighted by Gasteiger charge is -2.23. The Morgan fingerprint density at radius 3 is 2.85 bits per heavy atom. The van der Waals surface area contributed by atoms with Crippen molar-refractivity contribution < 1.29 is 9.90 Å². The molecule has 0 saturated heterocycles. The number of hydrogen-bond donors (Lipinski definition) is 2. The molecule has 0 aliphatic heterocycles. The number of aliphatic hydroxyl groups excluding tert-OH is 1. The minimum Gasteiger partial charge on any atom is -0.390 e. The van der Waals surface area contributed by atoms with Crippen LogP contribution in [-0.4, -0.2) is 32.0 Å². The number of amides is 1. The lowest BCUT2D eigenvalue weighted by atomic mass is 9.91. The van der Waals surface area contributed by atoms with E-state index < -0.39 is 5.41 Å². The second kappa shape index (κ2) is 7.19. The van der Waals surface area contributed by atoms with E-state index in [1.54, 1.807) is 10.9 Å². The molecule has 0 radical (unpaired) electrons. The largest absolute Gasteiger partial charge is 0.390 e. The zero-order valence-electron chi connectivity index (χ0n) is 12.6. The van der Waals surface area contributed by atoms with E-state index in [4.69, 9.17) is 5.11 Å². The summed E-state index contributed by atoms with van der Waals surface area (Å²) in [5, 5.41) is 19.6. The summed E-state index contributed by atoms with van der Waals surface area (Å²) in [4.78, 5) is 12.1. The molecular formula is C14H24N4O2. The van der Waals surface area contributed by atoms with Gasteiger partial charge in [-0.25, -0.2) is 0 Å². The van der Waals surface area contributed by atoms with Gasteiger partial charge in [0, 0.05) is 12.6 Å². The quantitative estimate of drug-likeness (QED) is 0.737. The van der Waals surface area contributed by atoms with Gasteiger partial charge in [0.2, 0.25) is 5.91 Å². The molecule has 20 heavy (non-hydrogen) atoms. The van der Waals surface area contributed by atoms with Crippen LogP contribution < -0.4 is 5.32 Å². The van der Waals surface area contributed by atoms with Crippen molar-refractivity contribution in [2.24, 2.45) is 5.41 Å². The molecule has 6 nitrogen and oxygen atoms in total. The monoisotopic (exact) mass is 280 g/mol. The number of carbonyl (C=O) groups excluding carboxylic acids is 1. The van der Waals surface area contributed by atoms with Crippen LogP contribution >= 0.6 is 0 Å². The van der Waals surface area contributed by atoms with E-state index in [2.05, 4.69) is 15.6 Å². The predicted octanol–water partition coefficient (Wildman–Crippen LogP) is 1.27. The molecule has 1 amide bonds. The van der Waals surface area contributed by atoms with Crippen LogP contribution in [-0.2, 0) is 17.9 Å². The molecule has 0 aliphatic carbocycles. The first-order valence-corrected chi connectivity index (χ1v) is 6.83.